The van der Waals surface area contributed by atoms with E-state index in [1.54, 1.807) is 0 Å². The molecule has 1 atom stereocenters. The minimum absolute atomic E-state index is 0.174. The molecule has 1 N–H and O–H groups in total. The average molecular weight is 222 g/mol. The quantitative estimate of drug-likeness (QED) is 0.721. The number of ether oxygens (including phenoxy) is 1. The highest BCUT2D eigenvalue weighted by Crippen LogP contribution is 2.08. The first-order valence-electron chi connectivity index (χ1n) is 5.52. The fourth-order valence-electron chi connectivity index (χ4n) is 1.45. The van der Waals surface area contributed by atoms with Gasteiger partial charge in [0.25, 0.3) is 0 Å². The Labute approximate surface area is 96.1 Å². The van der Waals surface area contributed by atoms with Crippen LogP contribution in [0.5, 0.6) is 0 Å². The van der Waals surface area contributed by atoms with Crippen LogP contribution in [0.3, 0.4) is 0 Å². The zero-order valence-corrected chi connectivity index (χ0v) is 9.56. The molecule has 0 aliphatic rings. The topological polar surface area (TPSA) is 46.5 Å². The van der Waals surface area contributed by atoms with Gasteiger partial charge in [0.05, 0.1) is 6.61 Å². The number of benzene rings is 1. The van der Waals surface area contributed by atoms with Crippen LogP contribution >= 0.6 is 0 Å². The molecule has 3 nitrogen and oxygen atoms in total. The number of hydrogen-bond donors (Lipinski definition) is 1. The second-order valence-corrected chi connectivity index (χ2v) is 4.03. The lowest BCUT2D eigenvalue weighted by atomic mass is 10.1. The summed E-state index contributed by atoms with van der Waals surface area (Å²) in [5.74, 6) is -0.566. The van der Waals surface area contributed by atoms with E-state index in [0.717, 1.165) is 12.0 Å². The molecule has 0 bridgehead atoms. The Morgan fingerprint density at radius 1 is 1.38 bits per heavy atom. The van der Waals surface area contributed by atoms with E-state index in [0.29, 0.717) is 13.2 Å². The van der Waals surface area contributed by atoms with Crippen molar-refractivity contribution in [1.29, 1.82) is 0 Å². The van der Waals surface area contributed by atoms with E-state index >= 15 is 0 Å². The molecule has 1 rings (SSSR count). The third-order valence-electron chi connectivity index (χ3n) is 2.39. The van der Waals surface area contributed by atoms with Gasteiger partial charge in [-0.1, -0.05) is 37.3 Å². The van der Waals surface area contributed by atoms with Crippen molar-refractivity contribution in [2.75, 3.05) is 6.61 Å². The fourth-order valence-corrected chi connectivity index (χ4v) is 1.45. The number of carboxylic acid groups (broad SMARTS) is 1. The van der Waals surface area contributed by atoms with Crippen molar-refractivity contribution in [3.05, 3.63) is 35.9 Å². The Kier molecular flexibility index (Phi) is 5.57. The predicted molar refractivity (Wildman–Crippen MR) is 62.1 cm³/mol. The van der Waals surface area contributed by atoms with Gasteiger partial charge >= 0.3 is 5.97 Å². The molecule has 88 valence electrons. The van der Waals surface area contributed by atoms with Crippen LogP contribution in [0.4, 0.5) is 0 Å². The first kappa shape index (κ1) is 12.7. The molecule has 0 aromatic heterocycles. The number of rotatable bonds is 7. The predicted octanol–water partition coefficient (Wildman–Crippen LogP) is 2.70. The van der Waals surface area contributed by atoms with Crippen molar-refractivity contribution in [3.8, 4) is 0 Å². The van der Waals surface area contributed by atoms with Crippen LogP contribution in [0.15, 0.2) is 30.3 Å². The number of carboxylic acids is 1. The zero-order valence-electron chi connectivity index (χ0n) is 9.56. The summed E-state index contributed by atoms with van der Waals surface area (Å²) >= 11 is 0. The minimum Gasteiger partial charge on any atom is -0.481 e. The van der Waals surface area contributed by atoms with Gasteiger partial charge in [0.2, 0.25) is 0 Å². The highest BCUT2D eigenvalue weighted by atomic mass is 16.5. The molecular weight excluding hydrogens is 204 g/mol. The molecule has 0 heterocycles. The van der Waals surface area contributed by atoms with Gasteiger partial charge in [-0.3, -0.25) is 4.79 Å². The van der Waals surface area contributed by atoms with E-state index < -0.39 is 5.97 Å². The molecular formula is C13H18O3. The van der Waals surface area contributed by atoms with E-state index in [1.807, 2.05) is 37.3 Å². The molecule has 0 saturated carbocycles. The molecule has 0 spiro atoms. The molecule has 0 fully saturated rings. The van der Waals surface area contributed by atoms with Crippen molar-refractivity contribution in [2.24, 2.45) is 5.92 Å². The smallest absolute Gasteiger partial charge is 0.303 e. The zero-order chi connectivity index (χ0) is 11.8. The van der Waals surface area contributed by atoms with Gasteiger partial charge in [0, 0.05) is 13.0 Å². The molecule has 0 amide bonds. The van der Waals surface area contributed by atoms with E-state index in [4.69, 9.17) is 9.84 Å². The Balaban J connectivity index is 2.10. The normalized spacial score (nSPS) is 12.3. The maximum atomic E-state index is 10.4. The monoisotopic (exact) mass is 222 g/mol. The molecule has 0 saturated heterocycles. The Bertz CT molecular complexity index is 308. The highest BCUT2D eigenvalue weighted by Gasteiger charge is 2.06. The second kappa shape index (κ2) is 7.01. The first-order valence-corrected chi connectivity index (χ1v) is 5.52. The molecule has 0 aliphatic heterocycles. The van der Waals surface area contributed by atoms with Crippen LogP contribution < -0.4 is 0 Å². The number of aliphatic carboxylic acids is 1. The van der Waals surface area contributed by atoms with Crippen molar-refractivity contribution in [3.63, 3.8) is 0 Å². The molecule has 3 heteroatoms. The van der Waals surface area contributed by atoms with Gasteiger partial charge in [-0.05, 0) is 17.9 Å². The second-order valence-electron chi connectivity index (χ2n) is 4.03. The highest BCUT2D eigenvalue weighted by molar-refractivity contribution is 5.66. The van der Waals surface area contributed by atoms with Crippen LogP contribution in [-0.2, 0) is 16.1 Å². The maximum Gasteiger partial charge on any atom is 0.303 e. The SMILES string of the molecule is C[C@@H](CCOCc1ccccc1)CC(=O)O. The van der Waals surface area contributed by atoms with Crippen molar-refractivity contribution in [2.45, 2.75) is 26.4 Å². The van der Waals surface area contributed by atoms with Gasteiger partial charge in [-0.25, -0.2) is 0 Å². The lowest BCUT2D eigenvalue weighted by molar-refractivity contribution is -0.138. The summed E-state index contributed by atoms with van der Waals surface area (Å²) in [5, 5.41) is 8.58. The lowest BCUT2D eigenvalue weighted by Crippen LogP contribution is -2.07. The summed E-state index contributed by atoms with van der Waals surface area (Å²) in [5.41, 5.74) is 1.15. The van der Waals surface area contributed by atoms with Crippen LogP contribution in [0.2, 0.25) is 0 Å². The largest absolute Gasteiger partial charge is 0.481 e. The standard InChI is InChI=1S/C13H18O3/c1-11(9-13(14)15)7-8-16-10-12-5-3-2-4-6-12/h2-6,11H,7-10H2,1H3,(H,14,15)/t11-/m0/s1. The van der Waals surface area contributed by atoms with Gasteiger partial charge in [-0.2, -0.15) is 0 Å². The summed E-state index contributed by atoms with van der Waals surface area (Å²) in [4.78, 5) is 10.4. The van der Waals surface area contributed by atoms with Gasteiger partial charge in [0.1, 0.15) is 0 Å². The van der Waals surface area contributed by atoms with E-state index in [2.05, 4.69) is 0 Å². The third-order valence-corrected chi connectivity index (χ3v) is 2.39. The summed E-state index contributed by atoms with van der Waals surface area (Å²) in [7, 11) is 0. The van der Waals surface area contributed by atoms with E-state index in [1.165, 1.54) is 0 Å². The Morgan fingerprint density at radius 2 is 2.06 bits per heavy atom. The van der Waals surface area contributed by atoms with Crippen LogP contribution in [0.1, 0.15) is 25.3 Å². The van der Waals surface area contributed by atoms with Crippen molar-refractivity contribution < 1.29 is 14.6 Å². The van der Waals surface area contributed by atoms with Gasteiger partial charge in [-0.15, -0.1) is 0 Å². The molecule has 0 unspecified atom stereocenters. The van der Waals surface area contributed by atoms with E-state index in [9.17, 15) is 4.79 Å². The minimum atomic E-state index is -0.740. The summed E-state index contributed by atoms with van der Waals surface area (Å²) < 4.78 is 5.48. The van der Waals surface area contributed by atoms with Gasteiger partial charge < -0.3 is 9.84 Å². The number of hydrogen-bond acceptors (Lipinski definition) is 2. The average Bonchev–Trinajstić information content (AvgIpc) is 2.25. The molecule has 0 radical (unpaired) electrons. The molecule has 1 aromatic carbocycles. The van der Waals surface area contributed by atoms with Crippen LogP contribution in [-0.4, -0.2) is 17.7 Å². The van der Waals surface area contributed by atoms with Crippen molar-refractivity contribution in [1.82, 2.24) is 0 Å². The molecule has 16 heavy (non-hydrogen) atoms. The van der Waals surface area contributed by atoms with Gasteiger partial charge in [0.15, 0.2) is 0 Å². The van der Waals surface area contributed by atoms with Crippen molar-refractivity contribution >= 4 is 5.97 Å². The maximum absolute atomic E-state index is 10.4. The summed E-state index contributed by atoms with van der Waals surface area (Å²) in [6.45, 7) is 3.14. The molecule has 0 aliphatic carbocycles. The first-order chi connectivity index (χ1) is 7.68. The van der Waals surface area contributed by atoms with Crippen LogP contribution in [0.25, 0.3) is 0 Å². The third kappa shape index (κ3) is 5.51. The van der Waals surface area contributed by atoms with Crippen LogP contribution in [0, 0.1) is 5.92 Å². The fraction of sp³-hybridized carbons (Fsp3) is 0.462. The van der Waals surface area contributed by atoms with E-state index in [-0.39, 0.29) is 12.3 Å². The Morgan fingerprint density at radius 3 is 2.69 bits per heavy atom. The lowest BCUT2D eigenvalue weighted by Gasteiger charge is -2.09. The number of carbonyl (C=O) groups is 1. The summed E-state index contributed by atoms with van der Waals surface area (Å²) in [6, 6.07) is 9.96. The molecule has 1 aromatic rings. The summed E-state index contributed by atoms with van der Waals surface area (Å²) in [6.07, 6.45) is 1.01. The Hall–Kier alpha value is -1.35.